The number of nitrogens with zero attached hydrogens (tertiary/aromatic N) is 1. The first-order chi connectivity index (χ1) is 21.2. The molecule has 0 amide bonds. The first-order valence-corrected chi connectivity index (χ1v) is 17.2. The summed E-state index contributed by atoms with van der Waals surface area (Å²) in [5, 5.41) is 4.02. The first kappa shape index (κ1) is 34.9. The SMILES string of the molecule is C.CC.COC(=O)C1CCN(c2ccc3c(=O)c4cccc(Cl)c4sc3c2)C1.O=c1c2ccc(Br)cc2sc2c(Cl)cccc12. The van der Waals surface area contributed by atoms with Crippen molar-refractivity contribution in [2.75, 3.05) is 25.1 Å². The van der Waals surface area contributed by atoms with Gasteiger partial charge in [-0.05, 0) is 67.1 Å². The van der Waals surface area contributed by atoms with Crippen LogP contribution in [0.1, 0.15) is 27.7 Å². The maximum atomic E-state index is 12.7. The summed E-state index contributed by atoms with van der Waals surface area (Å²) in [4.78, 5) is 38.9. The van der Waals surface area contributed by atoms with E-state index in [0.29, 0.717) is 32.7 Å². The third kappa shape index (κ3) is 7.05. The van der Waals surface area contributed by atoms with Crippen LogP contribution in [0.2, 0.25) is 10.0 Å². The van der Waals surface area contributed by atoms with Crippen molar-refractivity contribution in [3.8, 4) is 0 Å². The zero-order chi connectivity index (χ0) is 31.5. The van der Waals surface area contributed by atoms with Gasteiger partial charge >= 0.3 is 5.97 Å². The topological polar surface area (TPSA) is 63.7 Å². The second-order valence-corrected chi connectivity index (χ2v) is 13.7. The van der Waals surface area contributed by atoms with Crippen LogP contribution in [-0.4, -0.2) is 26.2 Å². The zero-order valence-electron chi connectivity index (χ0n) is 24.2. The van der Waals surface area contributed by atoms with E-state index in [1.54, 1.807) is 23.5 Å². The molecule has 1 atom stereocenters. The van der Waals surface area contributed by atoms with Gasteiger partial charge in [0, 0.05) is 54.2 Å². The Balaban J connectivity index is 0.000000202. The molecule has 6 aromatic rings. The lowest BCUT2D eigenvalue weighted by Crippen LogP contribution is -2.23. The molecule has 1 unspecified atom stereocenters. The minimum Gasteiger partial charge on any atom is -0.469 e. The van der Waals surface area contributed by atoms with Gasteiger partial charge in [0.2, 0.25) is 0 Å². The molecule has 234 valence electrons. The molecule has 5 nitrogen and oxygen atoms in total. The molecule has 10 heteroatoms. The van der Waals surface area contributed by atoms with Crippen LogP contribution in [0.25, 0.3) is 40.3 Å². The van der Waals surface area contributed by atoms with Crippen molar-refractivity contribution in [3.63, 3.8) is 0 Å². The molecule has 0 radical (unpaired) electrons. The Morgan fingerprint density at radius 3 is 1.91 bits per heavy atom. The zero-order valence-corrected chi connectivity index (χ0v) is 28.9. The Morgan fingerprint density at radius 2 is 1.36 bits per heavy atom. The number of hydrogen-bond donors (Lipinski definition) is 0. The van der Waals surface area contributed by atoms with Gasteiger partial charge < -0.3 is 9.64 Å². The van der Waals surface area contributed by atoms with E-state index in [-0.39, 0.29) is 30.2 Å². The molecule has 0 saturated carbocycles. The molecule has 1 aliphatic rings. The first-order valence-electron chi connectivity index (χ1n) is 14.0. The molecule has 0 spiro atoms. The number of methoxy groups -OCH3 is 1. The predicted octanol–water partition coefficient (Wildman–Crippen LogP) is 10.6. The van der Waals surface area contributed by atoms with Crippen LogP contribution in [0.4, 0.5) is 5.69 Å². The Morgan fingerprint density at radius 1 is 0.822 bits per heavy atom. The number of benzene rings is 4. The van der Waals surface area contributed by atoms with Gasteiger partial charge in [-0.1, -0.05) is 72.5 Å². The summed E-state index contributed by atoms with van der Waals surface area (Å²) < 4.78 is 9.33. The molecule has 1 saturated heterocycles. The van der Waals surface area contributed by atoms with Gasteiger partial charge in [-0.2, -0.15) is 0 Å². The minimum atomic E-state index is -0.161. The van der Waals surface area contributed by atoms with Gasteiger partial charge in [0.15, 0.2) is 10.9 Å². The molecule has 45 heavy (non-hydrogen) atoms. The van der Waals surface area contributed by atoms with Crippen LogP contribution in [-0.2, 0) is 9.53 Å². The summed E-state index contributed by atoms with van der Waals surface area (Å²) in [5.74, 6) is -0.254. The van der Waals surface area contributed by atoms with Crippen LogP contribution in [0.15, 0.2) is 86.9 Å². The molecule has 0 N–H and O–H groups in total. The number of fused-ring (bicyclic) bond motifs is 4. The quantitative estimate of drug-likeness (QED) is 0.130. The molecule has 0 aliphatic carbocycles. The lowest BCUT2D eigenvalue weighted by molar-refractivity contribution is -0.144. The van der Waals surface area contributed by atoms with Crippen LogP contribution < -0.4 is 15.8 Å². The van der Waals surface area contributed by atoms with E-state index in [1.165, 1.54) is 18.4 Å². The molecule has 4 aromatic carbocycles. The molecule has 3 heterocycles. The number of anilines is 1. The van der Waals surface area contributed by atoms with E-state index in [4.69, 9.17) is 27.9 Å². The molecule has 2 aromatic heterocycles. The average Bonchev–Trinajstić information content (AvgIpc) is 3.54. The van der Waals surface area contributed by atoms with E-state index < -0.39 is 0 Å². The maximum Gasteiger partial charge on any atom is 0.310 e. The van der Waals surface area contributed by atoms with Gasteiger partial charge in [0.05, 0.1) is 32.5 Å². The molecule has 0 bridgehead atoms. The van der Waals surface area contributed by atoms with E-state index in [2.05, 4.69) is 20.8 Å². The molecular formula is C35H32BrCl2NO4S2. The smallest absolute Gasteiger partial charge is 0.310 e. The van der Waals surface area contributed by atoms with Crippen molar-refractivity contribution in [3.05, 3.63) is 108 Å². The highest BCUT2D eigenvalue weighted by Crippen LogP contribution is 2.34. The lowest BCUT2D eigenvalue weighted by atomic mass is 10.1. The average molecular weight is 746 g/mol. The predicted molar refractivity (Wildman–Crippen MR) is 199 cm³/mol. The van der Waals surface area contributed by atoms with Crippen molar-refractivity contribution in [1.29, 1.82) is 0 Å². The molecular weight excluding hydrogens is 713 g/mol. The number of rotatable bonds is 2. The summed E-state index contributed by atoms with van der Waals surface area (Å²) in [6, 6.07) is 22.4. The second kappa shape index (κ2) is 15.1. The van der Waals surface area contributed by atoms with Gasteiger partial charge in [-0.3, -0.25) is 14.4 Å². The van der Waals surface area contributed by atoms with Crippen molar-refractivity contribution in [2.24, 2.45) is 5.92 Å². The Hall–Kier alpha value is -3.01. The Bertz CT molecular complexity index is 2150. The van der Waals surface area contributed by atoms with E-state index in [1.807, 2.05) is 74.5 Å². The highest BCUT2D eigenvalue weighted by atomic mass is 79.9. The highest BCUT2D eigenvalue weighted by Gasteiger charge is 2.29. The summed E-state index contributed by atoms with van der Waals surface area (Å²) in [6.07, 6.45) is 0.782. The van der Waals surface area contributed by atoms with Crippen LogP contribution in [0.3, 0.4) is 0 Å². The summed E-state index contributed by atoms with van der Waals surface area (Å²) >= 11 is 18.9. The number of ether oxygens (including phenoxy) is 1. The van der Waals surface area contributed by atoms with E-state index in [9.17, 15) is 14.4 Å². The fourth-order valence-electron chi connectivity index (χ4n) is 5.19. The Kier molecular flexibility index (Phi) is 11.7. The standard InChI is InChI=1S/C19H16ClNO3S.C13H6BrClOS.C2H6.CH4/c1-24-19(23)11-7-8-21(10-11)12-5-6-13-16(9-12)25-18-14(17(13)22)3-2-4-15(18)20;14-7-4-5-8-11(6-7)17-13-9(12(8)16)2-1-3-10(13)15;1-2;/h2-6,9,11H,7-8,10H2,1H3;1-6H;1-2H3;1H4. The number of esters is 1. The summed E-state index contributed by atoms with van der Waals surface area (Å²) in [6.45, 7) is 5.44. The monoisotopic (exact) mass is 743 g/mol. The number of carbonyl (C=O) groups is 1. The number of halogens is 3. The van der Waals surface area contributed by atoms with Gasteiger partial charge in [0.25, 0.3) is 0 Å². The third-order valence-electron chi connectivity index (χ3n) is 7.33. The van der Waals surface area contributed by atoms with E-state index in [0.717, 1.165) is 47.3 Å². The summed E-state index contributed by atoms with van der Waals surface area (Å²) in [7, 11) is 1.42. The van der Waals surface area contributed by atoms with Gasteiger partial charge in [-0.15, -0.1) is 22.7 Å². The largest absolute Gasteiger partial charge is 0.469 e. The fraction of sp³-hybridized carbons (Fsp3) is 0.229. The number of hydrogen-bond acceptors (Lipinski definition) is 7. The fourth-order valence-corrected chi connectivity index (χ4v) is 8.51. The number of carbonyl (C=O) groups excluding carboxylic acids is 1. The van der Waals surface area contributed by atoms with Gasteiger partial charge in [0.1, 0.15) is 0 Å². The summed E-state index contributed by atoms with van der Waals surface area (Å²) in [5.41, 5.74) is 1.07. The third-order valence-corrected chi connectivity index (χ3v) is 11.1. The van der Waals surface area contributed by atoms with E-state index >= 15 is 0 Å². The van der Waals surface area contributed by atoms with Crippen LogP contribution in [0, 0.1) is 5.92 Å². The van der Waals surface area contributed by atoms with Crippen LogP contribution >= 0.6 is 61.8 Å². The van der Waals surface area contributed by atoms with Crippen LogP contribution in [0.5, 0.6) is 0 Å². The molecule has 7 rings (SSSR count). The van der Waals surface area contributed by atoms with Crippen molar-refractivity contribution >= 4 is 114 Å². The minimum absolute atomic E-state index is 0. The van der Waals surface area contributed by atoms with Crippen molar-refractivity contribution in [2.45, 2.75) is 27.7 Å². The Labute approximate surface area is 288 Å². The second-order valence-electron chi connectivity index (χ2n) is 9.87. The van der Waals surface area contributed by atoms with Crippen molar-refractivity contribution < 1.29 is 9.53 Å². The van der Waals surface area contributed by atoms with Crippen molar-refractivity contribution in [1.82, 2.24) is 0 Å². The molecule has 1 fully saturated rings. The normalized spacial score (nSPS) is 14.0. The lowest BCUT2D eigenvalue weighted by Gasteiger charge is -2.18. The van der Waals surface area contributed by atoms with Gasteiger partial charge in [-0.25, -0.2) is 0 Å². The maximum absolute atomic E-state index is 12.7. The molecule has 1 aliphatic heterocycles. The highest BCUT2D eigenvalue weighted by molar-refractivity contribution is 9.10.